The Hall–Kier alpha value is -2.07. The van der Waals surface area contributed by atoms with Crippen LogP contribution in [0.3, 0.4) is 0 Å². The van der Waals surface area contributed by atoms with Crippen LogP contribution in [0.4, 0.5) is 0 Å². The number of rotatable bonds is 5. The maximum atomic E-state index is 12.0. The van der Waals surface area contributed by atoms with Crippen LogP contribution in [-0.4, -0.2) is 30.5 Å². The zero-order valence-corrected chi connectivity index (χ0v) is 12.8. The topological polar surface area (TPSA) is 55.6 Å². The number of ether oxygens (including phenoxy) is 1. The quantitative estimate of drug-likeness (QED) is 0.919. The fourth-order valence-corrected chi connectivity index (χ4v) is 2.19. The molecule has 112 valence electrons. The molecule has 1 amide bonds. The van der Waals surface area contributed by atoms with Crippen molar-refractivity contribution >= 4 is 16.7 Å². The van der Waals surface area contributed by atoms with Gasteiger partial charge in [0.05, 0.1) is 0 Å². The number of benzene rings is 2. The molecule has 0 atom stereocenters. The number of hydrogen-bond donors (Lipinski definition) is 1. The zero-order chi connectivity index (χ0) is 15.4. The van der Waals surface area contributed by atoms with Gasteiger partial charge < -0.3 is 15.4 Å². The molecule has 0 saturated heterocycles. The van der Waals surface area contributed by atoms with Crippen LogP contribution in [0.1, 0.15) is 19.4 Å². The number of carbonyl (C=O) groups is 1. The first-order valence-corrected chi connectivity index (χ1v) is 7.13. The summed E-state index contributed by atoms with van der Waals surface area (Å²) in [4.78, 5) is 13.7. The van der Waals surface area contributed by atoms with Crippen LogP contribution in [-0.2, 0) is 11.3 Å². The van der Waals surface area contributed by atoms with Crippen molar-refractivity contribution in [3.05, 3.63) is 42.0 Å². The SMILES string of the molecule is CC(C)N(C)C(=O)COc1ccc2ccccc2c1CN. The highest BCUT2D eigenvalue weighted by molar-refractivity contribution is 5.88. The molecule has 0 aliphatic heterocycles. The van der Waals surface area contributed by atoms with E-state index >= 15 is 0 Å². The smallest absolute Gasteiger partial charge is 0.260 e. The lowest BCUT2D eigenvalue weighted by atomic mass is 10.0. The minimum Gasteiger partial charge on any atom is -0.483 e. The fourth-order valence-electron chi connectivity index (χ4n) is 2.19. The van der Waals surface area contributed by atoms with Gasteiger partial charge in [0.15, 0.2) is 6.61 Å². The molecule has 4 heteroatoms. The monoisotopic (exact) mass is 286 g/mol. The van der Waals surface area contributed by atoms with E-state index in [-0.39, 0.29) is 18.6 Å². The second-order valence-corrected chi connectivity index (χ2v) is 5.35. The lowest BCUT2D eigenvalue weighted by Crippen LogP contribution is -2.36. The van der Waals surface area contributed by atoms with E-state index in [1.807, 2.05) is 50.2 Å². The maximum Gasteiger partial charge on any atom is 0.260 e. The van der Waals surface area contributed by atoms with Crippen LogP contribution in [0, 0.1) is 0 Å². The molecule has 0 aliphatic carbocycles. The molecule has 0 aliphatic rings. The van der Waals surface area contributed by atoms with Gasteiger partial charge in [0, 0.05) is 25.2 Å². The van der Waals surface area contributed by atoms with Crippen LogP contribution in [0.5, 0.6) is 5.75 Å². The molecule has 0 bridgehead atoms. The number of carbonyl (C=O) groups excluding carboxylic acids is 1. The van der Waals surface area contributed by atoms with Crippen LogP contribution >= 0.6 is 0 Å². The van der Waals surface area contributed by atoms with E-state index in [0.29, 0.717) is 12.3 Å². The van der Waals surface area contributed by atoms with Gasteiger partial charge in [-0.2, -0.15) is 0 Å². The van der Waals surface area contributed by atoms with Crippen LogP contribution in [0.15, 0.2) is 36.4 Å². The third-order valence-electron chi connectivity index (χ3n) is 3.72. The Bertz CT molecular complexity index is 638. The zero-order valence-electron chi connectivity index (χ0n) is 12.8. The van der Waals surface area contributed by atoms with E-state index in [1.165, 1.54) is 0 Å². The molecule has 4 nitrogen and oxygen atoms in total. The average molecular weight is 286 g/mol. The number of hydrogen-bond acceptors (Lipinski definition) is 3. The van der Waals surface area contributed by atoms with Gasteiger partial charge in [-0.15, -0.1) is 0 Å². The van der Waals surface area contributed by atoms with Crippen LogP contribution in [0.2, 0.25) is 0 Å². The summed E-state index contributed by atoms with van der Waals surface area (Å²) < 4.78 is 5.70. The summed E-state index contributed by atoms with van der Waals surface area (Å²) in [6.07, 6.45) is 0. The molecular weight excluding hydrogens is 264 g/mol. The van der Waals surface area contributed by atoms with Gasteiger partial charge in [0.1, 0.15) is 5.75 Å². The Labute approximate surface area is 125 Å². The summed E-state index contributed by atoms with van der Waals surface area (Å²) in [5, 5.41) is 2.19. The molecular formula is C17H22N2O2. The normalized spacial score (nSPS) is 10.9. The van der Waals surface area contributed by atoms with Crippen LogP contribution in [0.25, 0.3) is 10.8 Å². The molecule has 0 spiro atoms. The number of amides is 1. The summed E-state index contributed by atoms with van der Waals surface area (Å²) in [6, 6.07) is 12.1. The Morgan fingerprint density at radius 1 is 1.24 bits per heavy atom. The van der Waals surface area contributed by atoms with Crippen molar-refractivity contribution in [1.29, 1.82) is 0 Å². The van der Waals surface area contributed by atoms with E-state index in [2.05, 4.69) is 0 Å². The first-order chi connectivity index (χ1) is 10.0. The second kappa shape index (κ2) is 6.59. The summed E-state index contributed by atoms with van der Waals surface area (Å²) in [6.45, 7) is 4.35. The van der Waals surface area contributed by atoms with Gasteiger partial charge in [-0.1, -0.05) is 30.3 Å². The number of nitrogens with zero attached hydrogens (tertiary/aromatic N) is 1. The summed E-state index contributed by atoms with van der Waals surface area (Å²) in [5.74, 6) is 0.642. The average Bonchev–Trinajstić information content (AvgIpc) is 2.50. The van der Waals surface area contributed by atoms with Crippen molar-refractivity contribution in [2.24, 2.45) is 5.73 Å². The predicted octanol–water partition coefficient (Wildman–Crippen LogP) is 2.54. The van der Waals surface area contributed by atoms with Crippen molar-refractivity contribution < 1.29 is 9.53 Å². The van der Waals surface area contributed by atoms with Crippen molar-refractivity contribution in [1.82, 2.24) is 4.90 Å². The van der Waals surface area contributed by atoms with Crippen molar-refractivity contribution in [2.75, 3.05) is 13.7 Å². The molecule has 2 aromatic rings. The van der Waals surface area contributed by atoms with E-state index in [4.69, 9.17) is 10.5 Å². The Balaban J connectivity index is 2.21. The fraction of sp³-hybridized carbons (Fsp3) is 0.353. The van der Waals surface area contributed by atoms with Crippen molar-refractivity contribution in [2.45, 2.75) is 26.4 Å². The van der Waals surface area contributed by atoms with Gasteiger partial charge in [0.25, 0.3) is 5.91 Å². The largest absolute Gasteiger partial charge is 0.483 e. The molecule has 0 saturated carbocycles. The molecule has 0 heterocycles. The minimum atomic E-state index is -0.0406. The number of nitrogens with two attached hydrogens (primary N) is 1. The molecule has 0 fully saturated rings. The lowest BCUT2D eigenvalue weighted by molar-refractivity contribution is -0.133. The van der Waals surface area contributed by atoms with Gasteiger partial charge in [-0.25, -0.2) is 0 Å². The van der Waals surface area contributed by atoms with Gasteiger partial charge in [0.2, 0.25) is 0 Å². The predicted molar refractivity (Wildman–Crippen MR) is 85.2 cm³/mol. The minimum absolute atomic E-state index is 0.0278. The Kier molecular flexibility index (Phi) is 4.81. The molecule has 2 aromatic carbocycles. The van der Waals surface area contributed by atoms with E-state index in [9.17, 15) is 4.79 Å². The van der Waals surface area contributed by atoms with Gasteiger partial charge in [-0.05, 0) is 30.7 Å². The first kappa shape index (κ1) is 15.3. The second-order valence-electron chi connectivity index (χ2n) is 5.35. The van der Waals surface area contributed by atoms with Crippen molar-refractivity contribution in [3.8, 4) is 5.75 Å². The molecule has 0 unspecified atom stereocenters. The van der Waals surface area contributed by atoms with Gasteiger partial charge in [-0.3, -0.25) is 4.79 Å². The lowest BCUT2D eigenvalue weighted by Gasteiger charge is -2.22. The third kappa shape index (κ3) is 3.34. The molecule has 0 aromatic heterocycles. The maximum absolute atomic E-state index is 12.0. The summed E-state index contributed by atoms with van der Waals surface area (Å²) >= 11 is 0. The molecule has 0 radical (unpaired) electrons. The highest BCUT2D eigenvalue weighted by atomic mass is 16.5. The van der Waals surface area contributed by atoms with E-state index in [1.54, 1.807) is 11.9 Å². The van der Waals surface area contributed by atoms with E-state index in [0.717, 1.165) is 16.3 Å². The molecule has 2 rings (SSSR count). The Morgan fingerprint density at radius 3 is 2.62 bits per heavy atom. The standard InChI is InChI=1S/C17H22N2O2/c1-12(2)19(3)17(20)11-21-16-9-8-13-6-4-5-7-14(13)15(16)10-18/h4-9,12H,10-11,18H2,1-3H3. The summed E-state index contributed by atoms with van der Waals surface area (Å²) in [5.41, 5.74) is 6.79. The highest BCUT2D eigenvalue weighted by Gasteiger charge is 2.14. The van der Waals surface area contributed by atoms with E-state index < -0.39 is 0 Å². The van der Waals surface area contributed by atoms with Crippen molar-refractivity contribution in [3.63, 3.8) is 0 Å². The first-order valence-electron chi connectivity index (χ1n) is 7.13. The third-order valence-corrected chi connectivity index (χ3v) is 3.72. The number of fused-ring (bicyclic) bond motifs is 1. The Morgan fingerprint density at radius 2 is 1.95 bits per heavy atom. The van der Waals surface area contributed by atoms with Crippen LogP contribution < -0.4 is 10.5 Å². The number of likely N-dealkylation sites (N-methyl/N-ethyl adjacent to an activating group) is 1. The summed E-state index contributed by atoms with van der Waals surface area (Å²) in [7, 11) is 1.78. The molecule has 2 N–H and O–H groups in total. The van der Waals surface area contributed by atoms with Gasteiger partial charge >= 0.3 is 0 Å². The molecule has 21 heavy (non-hydrogen) atoms. The highest BCUT2D eigenvalue weighted by Crippen LogP contribution is 2.27.